The lowest BCUT2D eigenvalue weighted by Gasteiger charge is -2.09. The number of hydrogen-bond donors (Lipinski definition) is 2. The van der Waals surface area contributed by atoms with Crippen LogP contribution in [0.5, 0.6) is 0 Å². The van der Waals surface area contributed by atoms with E-state index in [0.717, 1.165) is 32.6 Å². The van der Waals surface area contributed by atoms with Crippen molar-refractivity contribution in [3.63, 3.8) is 0 Å². The highest BCUT2D eigenvalue weighted by molar-refractivity contribution is 5.92. The van der Waals surface area contributed by atoms with Crippen LogP contribution >= 0.6 is 0 Å². The lowest BCUT2D eigenvalue weighted by atomic mass is 10.1. The summed E-state index contributed by atoms with van der Waals surface area (Å²) in [6, 6.07) is 0. The molecule has 6 nitrogen and oxygen atoms in total. The van der Waals surface area contributed by atoms with Gasteiger partial charge in [-0.1, -0.05) is 0 Å². The normalized spacial score (nSPS) is 18.3. The molecule has 6 heteroatoms. The second kappa shape index (κ2) is 7.04. The van der Waals surface area contributed by atoms with Crippen molar-refractivity contribution in [2.24, 2.45) is 5.92 Å². The summed E-state index contributed by atoms with van der Waals surface area (Å²) in [5, 5.41) is 5.90. The van der Waals surface area contributed by atoms with Gasteiger partial charge < -0.3 is 15.4 Å². The molecule has 0 spiro atoms. The third-order valence-electron chi connectivity index (χ3n) is 3.09. The Balaban J connectivity index is 1.79. The van der Waals surface area contributed by atoms with Gasteiger partial charge in [0.25, 0.3) is 5.91 Å². The van der Waals surface area contributed by atoms with Crippen LogP contribution in [0.25, 0.3) is 0 Å². The molecule has 1 fully saturated rings. The molecule has 1 unspecified atom stereocenters. The van der Waals surface area contributed by atoms with Gasteiger partial charge in [0, 0.05) is 26.3 Å². The molecule has 0 aliphatic carbocycles. The van der Waals surface area contributed by atoms with Crippen molar-refractivity contribution in [3.8, 4) is 0 Å². The highest BCUT2D eigenvalue weighted by Crippen LogP contribution is 2.15. The first-order valence-electron chi connectivity index (χ1n) is 6.71. The fourth-order valence-electron chi connectivity index (χ4n) is 2.03. The van der Waals surface area contributed by atoms with E-state index in [-0.39, 0.29) is 5.91 Å². The van der Waals surface area contributed by atoms with Gasteiger partial charge in [-0.25, -0.2) is 4.98 Å². The molecule has 1 saturated heterocycles. The Morgan fingerprint density at radius 3 is 3.16 bits per heavy atom. The van der Waals surface area contributed by atoms with Crippen LogP contribution in [0.15, 0.2) is 12.4 Å². The van der Waals surface area contributed by atoms with Gasteiger partial charge in [0.1, 0.15) is 11.5 Å². The molecule has 0 aromatic carbocycles. The minimum Gasteiger partial charge on any atom is -0.381 e. The maximum absolute atomic E-state index is 11.9. The summed E-state index contributed by atoms with van der Waals surface area (Å²) in [5.41, 5.74) is 0.348. The van der Waals surface area contributed by atoms with Crippen molar-refractivity contribution in [1.82, 2.24) is 15.3 Å². The van der Waals surface area contributed by atoms with Crippen molar-refractivity contribution < 1.29 is 9.53 Å². The maximum atomic E-state index is 11.9. The van der Waals surface area contributed by atoms with E-state index < -0.39 is 0 Å². The molecule has 0 radical (unpaired) electrons. The van der Waals surface area contributed by atoms with Crippen molar-refractivity contribution >= 4 is 11.7 Å². The number of amides is 1. The second-order valence-electron chi connectivity index (χ2n) is 4.59. The number of carbonyl (C=O) groups is 1. The number of nitrogens with one attached hydrogen (secondary N) is 2. The number of ether oxygens (including phenoxy) is 1. The third kappa shape index (κ3) is 4.17. The highest BCUT2D eigenvalue weighted by Gasteiger charge is 2.16. The van der Waals surface area contributed by atoms with Crippen LogP contribution in [-0.2, 0) is 4.74 Å². The average molecular weight is 264 g/mol. The Kier molecular flexibility index (Phi) is 5.09. The first-order valence-corrected chi connectivity index (χ1v) is 6.71. The lowest BCUT2D eigenvalue weighted by molar-refractivity contribution is 0.0945. The van der Waals surface area contributed by atoms with E-state index >= 15 is 0 Å². The zero-order valence-electron chi connectivity index (χ0n) is 11.2. The summed E-state index contributed by atoms with van der Waals surface area (Å²) in [5.74, 6) is 1.02. The van der Waals surface area contributed by atoms with E-state index in [1.165, 1.54) is 6.20 Å². The fourth-order valence-corrected chi connectivity index (χ4v) is 2.03. The fraction of sp³-hybridized carbons (Fsp3) is 0.615. The van der Waals surface area contributed by atoms with Gasteiger partial charge in [0.05, 0.1) is 12.4 Å². The zero-order valence-corrected chi connectivity index (χ0v) is 11.2. The Hall–Kier alpha value is -1.69. The molecule has 19 heavy (non-hydrogen) atoms. The van der Waals surface area contributed by atoms with Crippen LogP contribution in [0.2, 0.25) is 0 Å². The van der Waals surface area contributed by atoms with Crippen LogP contribution in [0, 0.1) is 5.92 Å². The average Bonchev–Trinajstić information content (AvgIpc) is 2.92. The molecule has 104 valence electrons. The SMILES string of the molecule is CCNc1cncc(C(=O)NCCC2CCOC2)n1. The Labute approximate surface area is 113 Å². The number of aromatic nitrogens is 2. The number of nitrogens with zero attached hydrogens (tertiary/aromatic N) is 2. The van der Waals surface area contributed by atoms with Gasteiger partial charge in [-0.15, -0.1) is 0 Å². The molecule has 1 amide bonds. The minimum absolute atomic E-state index is 0.175. The largest absolute Gasteiger partial charge is 0.381 e. The standard InChI is InChI=1S/C13H20N4O2/c1-2-15-12-8-14-7-11(17-12)13(18)16-5-3-10-4-6-19-9-10/h7-8,10H,2-6,9H2,1H3,(H,15,17)(H,16,18). The molecule has 2 rings (SSSR count). The molecule has 1 aliphatic rings. The summed E-state index contributed by atoms with van der Waals surface area (Å²) in [6.45, 7) is 5.03. The van der Waals surface area contributed by atoms with Crippen molar-refractivity contribution in [1.29, 1.82) is 0 Å². The molecule has 1 aromatic heterocycles. The van der Waals surface area contributed by atoms with Gasteiger partial charge in [0.2, 0.25) is 0 Å². The van der Waals surface area contributed by atoms with Crippen LogP contribution in [-0.4, -0.2) is 42.2 Å². The van der Waals surface area contributed by atoms with Crippen LogP contribution in [0.4, 0.5) is 5.82 Å². The highest BCUT2D eigenvalue weighted by atomic mass is 16.5. The van der Waals surface area contributed by atoms with Gasteiger partial charge in [0.15, 0.2) is 0 Å². The van der Waals surface area contributed by atoms with Gasteiger partial charge in [-0.2, -0.15) is 0 Å². The zero-order chi connectivity index (χ0) is 13.5. The second-order valence-corrected chi connectivity index (χ2v) is 4.59. The van der Waals surface area contributed by atoms with Crippen molar-refractivity contribution in [2.45, 2.75) is 19.8 Å². The lowest BCUT2D eigenvalue weighted by Crippen LogP contribution is -2.27. The van der Waals surface area contributed by atoms with E-state index in [1.807, 2.05) is 6.92 Å². The number of anilines is 1. The Morgan fingerprint density at radius 2 is 2.42 bits per heavy atom. The predicted octanol–water partition coefficient (Wildman–Crippen LogP) is 1.06. The molecule has 1 aliphatic heterocycles. The summed E-state index contributed by atoms with van der Waals surface area (Å²) >= 11 is 0. The van der Waals surface area contributed by atoms with Gasteiger partial charge >= 0.3 is 0 Å². The van der Waals surface area contributed by atoms with Crippen LogP contribution in [0.3, 0.4) is 0 Å². The molecule has 2 heterocycles. The molecule has 0 bridgehead atoms. The molecular weight excluding hydrogens is 244 g/mol. The van der Waals surface area contributed by atoms with E-state index in [0.29, 0.717) is 24.0 Å². The minimum atomic E-state index is -0.175. The van der Waals surface area contributed by atoms with E-state index in [4.69, 9.17) is 4.74 Å². The number of rotatable bonds is 6. The molecular formula is C13H20N4O2. The first-order chi connectivity index (χ1) is 9.29. The molecule has 1 atom stereocenters. The topological polar surface area (TPSA) is 76.1 Å². The van der Waals surface area contributed by atoms with Crippen molar-refractivity contribution in [3.05, 3.63) is 18.1 Å². The van der Waals surface area contributed by atoms with E-state index in [2.05, 4.69) is 20.6 Å². The first kappa shape index (κ1) is 13.7. The smallest absolute Gasteiger partial charge is 0.271 e. The van der Waals surface area contributed by atoms with E-state index in [9.17, 15) is 4.79 Å². The van der Waals surface area contributed by atoms with E-state index in [1.54, 1.807) is 6.20 Å². The monoisotopic (exact) mass is 264 g/mol. The Bertz CT molecular complexity index is 419. The van der Waals surface area contributed by atoms with Gasteiger partial charge in [-0.05, 0) is 25.7 Å². The number of carbonyl (C=O) groups excluding carboxylic acids is 1. The summed E-state index contributed by atoms with van der Waals surface area (Å²) in [4.78, 5) is 20.1. The molecule has 0 saturated carbocycles. The van der Waals surface area contributed by atoms with Crippen LogP contribution < -0.4 is 10.6 Å². The Morgan fingerprint density at radius 1 is 1.53 bits per heavy atom. The van der Waals surface area contributed by atoms with Crippen LogP contribution in [0.1, 0.15) is 30.3 Å². The molecule has 1 aromatic rings. The number of hydrogen-bond acceptors (Lipinski definition) is 5. The predicted molar refractivity (Wildman–Crippen MR) is 72.1 cm³/mol. The summed E-state index contributed by atoms with van der Waals surface area (Å²) in [6.07, 6.45) is 5.13. The van der Waals surface area contributed by atoms with Gasteiger partial charge in [-0.3, -0.25) is 9.78 Å². The summed E-state index contributed by atoms with van der Waals surface area (Å²) < 4.78 is 5.30. The maximum Gasteiger partial charge on any atom is 0.271 e. The molecule has 2 N–H and O–H groups in total. The van der Waals surface area contributed by atoms with Crippen molar-refractivity contribution in [2.75, 3.05) is 31.6 Å². The quantitative estimate of drug-likeness (QED) is 0.803. The third-order valence-corrected chi connectivity index (χ3v) is 3.09. The summed E-state index contributed by atoms with van der Waals surface area (Å²) in [7, 11) is 0.